The molecule has 2 aliphatic rings. The summed E-state index contributed by atoms with van der Waals surface area (Å²) in [5.74, 6) is -0.0445. The highest BCUT2D eigenvalue weighted by atomic mass is 16.6. The lowest BCUT2D eigenvalue weighted by atomic mass is 9.86. The van der Waals surface area contributed by atoms with Crippen LogP contribution in [0.4, 0.5) is 0 Å². The van der Waals surface area contributed by atoms with E-state index in [0.29, 0.717) is 23.7 Å². The summed E-state index contributed by atoms with van der Waals surface area (Å²) in [5, 5.41) is 11.6. The number of carbonyl (C=O) groups excluding carboxylic acids is 1. The van der Waals surface area contributed by atoms with Crippen LogP contribution >= 0.6 is 0 Å². The van der Waals surface area contributed by atoms with Gasteiger partial charge in [-0.05, 0) is 29.0 Å². The van der Waals surface area contributed by atoms with Crippen LogP contribution in [0.1, 0.15) is 23.1 Å². The predicted molar refractivity (Wildman–Crippen MR) is 119 cm³/mol. The van der Waals surface area contributed by atoms with Crippen LogP contribution in [0.3, 0.4) is 0 Å². The molecule has 0 unspecified atom stereocenters. The molecule has 3 aromatic carbocycles. The Hall–Kier alpha value is -2.95. The van der Waals surface area contributed by atoms with Crippen LogP contribution in [0, 0.1) is 11.3 Å². The maximum absolute atomic E-state index is 13.3. The molecule has 5 rings (SSSR count). The third-order valence-electron chi connectivity index (χ3n) is 6.79. The molecule has 4 heteroatoms. The van der Waals surface area contributed by atoms with Gasteiger partial charge < -0.3 is 9.84 Å². The molecule has 3 aromatic rings. The van der Waals surface area contributed by atoms with E-state index >= 15 is 0 Å². The van der Waals surface area contributed by atoms with E-state index in [9.17, 15) is 9.90 Å². The molecule has 1 aliphatic heterocycles. The maximum Gasteiger partial charge on any atom is 0.347 e. The Morgan fingerprint density at radius 2 is 1.48 bits per heavy atom. The lowest BCUT2D eigenvalue weighted by molar-refractivity contribution is -0.164. The Kier molecular flexibility index (Phi) is 5.12. The second kappa shape index (κ2) is 7.95. The maximum atomic E-state index is 13.3. The van der Waals surface area contributed by atoms with Crippen molar-refractivity contribution in [2.75, 3.05) is 19.7 Å². The summed E-state index contributed by atoms with van der Waals surface area (Å²) in [6.45, 7) is 3.23. The highest BCUT2D eigenvalue weighted by Gasteiger charge is 2.60. The van der Waals surface area contributed by atoms with Gasteiger partial charge in [0.15, 0.2) is 0 Å². The number of ether oxygens (including phenoxy) is 1. The van der Waals surface area contributed by atoms with Crippen molar-refractivity contribution in [3.05, 3.63) is 108 Å². The fourth-order valence-electron chi connectivity index (χ4n) is 4.96. The molecule has 158 valence electrons. The number of hydrogen-bond donors (Lipinski definition) is 1. The highest BCUT2D eigenvalue weighted by molar-refractivity contribution is 5.85. The summed E-state index contributed by atoms with van der Waals surface area (Å²) in [5.41, 5.74) is 0.560. The van der Waals surface area contributed by atoms with E-state index in [1.165, 1.54) is 5.56 Å². The zero-order chi connectivity index (χ0) is 21.3. The van der Waals surface area contributed by atoms with Crippen molar-refractivity contribution in [1.29, 1.82) is 0 Å². The molecule has 0 aromatic heterocycles. The lowest BCUT2D eigenvalue weighted by Crippen LogP contribution is -2.40. The van der Waals surface area contributed by atoms with Crippen LogP contribution < -0.4 is 0 Å². The van der Waals surface area contributed by atoms with Crippen molar-refractivity contribution in [3.8, 4) is 0 Å². The first-order valence-electron chi connectivity index (χ1n) is 10.9. The summed E-state index contributed by atoms with van der Waals surface area (Å²) < 4.78 is 5.83. The smallest absolute Gasteiger partial charge is 0.347 e. The van der Waals surface area contributed by atoms with E-state index in [2.05, 4.69) is 29.2 Å². The SMILES string of the molecule is O=C(OC[C@@]12C[C@@H]1CN(Cc1ccccc1)C2)C(O)(c1ccccc1)c1ccccc1. The van der Waals surface area contributed by atoms with Crippen molar-refractivity contribution >= 4 is 5.97 Å². The Morgan fingerprint density at radius 1 is 0.935 bits per heavy atom. The number of fused-ring (bicyclic) bond motifs is 1. The van der Waals surface area contributed by atoms with E-state index in [0.717, 1.165) is 26.1 Å². The Balaban J connectivity index is 1.29. The monoisotopic (exact) mass is 413 g/mol. The van der Waals surface area contributed by atoms with Crippen molar-refractivity contribution in [3.63, 3.8) is 0 Å². The van der Waals surface area contributed by atoms with E-state index < -0.39 is 11.6 Å². The molecule has 0 radical (unpaired) electrons. The summed E-state index contributed by atoms with van der Waals surface area (Å²) >= 11 is 0. The quantitative estimate of drug-likeness (QED) is 0.595. The third kappa shape index (κ3) is 3.78. The minimum absolute atomic E-state index is 0.0265. The number of hydrogen-bond acceptors (Lipinski definition) is 4. The van der Waals surface area contributed by atoms with Crippen molar-refractivity contribution in [2.45, 2.75) is 18.6 Å². The molecule has 0 spiro atoms. The van der Waals surface area contributed by atoms with E-state index in [-0.39, 0.29) is 5.41 Å². The summed E-state index contributed by atoms with van der Waals surface area (Å²) in [4.78, 5) is 15.7. The number of carbonyl (C=O) groups is 1. The minimum atomic E-state index is -1.81. The fraction of sp³-hybridized carbons (Fsp3) is 0.296. The molecule has 1 heterocycles. The molecule has 1 aliphatic carbocycles. The standard InChI is InChI=1S/C27H27NO3/c29-25(27(30,22-12-6-2-7-13-22)23-14-8-3-9-15-23)31-20-26-16-24(26)18-28(19-26)17-21-10-4-1-5-11-21/h1-15,24,30H,16-20H2/t24-,26+/m1/s1. The number of aliphatic hydroxyl groups is 1. The minimum Gasteiger partial charge on any atom is -0.462 e. The second-order valence-electron chi connectivity index (χ2n) is 8.94. The Morgan fingerprint density at radius 3 is 2.06 bits per heavy atom. The van der Waals surface area contributed by atoms with Crippen LogP contribution in [0.5, 0.6) is 0 Å². The van der Waals surface area contributed by atoms with Crippen LogP contribution in [0.2, 0.25) is 0 Å². The number of rotatable bonds is 7. The molecule has 0 amide bonds. The van der Waals surface area contributed by atoms with Gasteiger partial charge in [0.25, 0.3) is 0 Å². The van der Waals surface area contributed by atoms with Gasteiger partial charge in [-0.1, -0.05) is 91.0 Å². The van der Waals surface area contributed by atoms with Gasteiger partial charge in [-0.15, -0.1) is 0 Å². The summed E-state index contributed by atoms with van der Waals surface area (Å²) in [6.07, 6.45) is 1.08. The molecule has 0 bridgehead atoms. The average Bonchev–Trinajstić information content (AvgIpc) is 3.38. The van der Waals surface area contributed by atoms with Crippen LogP contribution in [-0.4, -0.2) is 35.7 Å². The van der Waals surface area contributed by atoms with E-state index in [4.69, 9.17) is 4.74 Å². The van der Waals surface area contributed by atoms with E-state index in [1.807, 2.05) is 42.5 Å². The van der Waals surface area contributed by atoms with Gasteiger partial charge in [-0.3, -0.25) is 4.90 Å². The van der Waals surface area contributed by atoms with Gasteiger partial charge in [0.05, 0.1) is 6.61 Å². The zero-order valence-corrected chi connectivity index (χ0v) is 17.5. The number of nitrogens with zero attached hydrogens (tertiary/aromatic N) is 1. The number of esters is 1. The first kappa shape index (κ1) is 20.0. The molecule has 1 saturated carbocycles. The van der Waals surface area contributed by atoms with Crippen LogP contribution in [0.15, 0.2) is 91.0 Å². The third-order valence-corrected chi connectivity index (χ3v) is 6.79. The van der Waals surface area contributed by atoms with Crippen molar-refractivity contribution in [2.24, 2.45) is 11.3 Å². The van der Waals surface area contributed by atoms with E-state index in [1.54, 1.807) is 24.3 Å². The Labute approximate surface area is 183 Å². The van der Waals surface area contributed by atoms with Crippen molar-refractivity contribution < 1.29 is 14.6 Å². The molecular formula is C27H27NO3. The Bertz CT molecular complexity index is 998. The van der Waals surface area contributed by atoms with Crippen molar-refractivity contribution in [1.82, 2.24) is 4.90 Å². The zero-order valence-electron chi connectivity index (χ0n) is 17.5. The summed E-state index contributed by atoms with van der Waals surface area (Å²) in [6, 6.07) is 28.6. The average molecular weight is 414 g/mol. The second-order valence-corrected chi connectivity index (χ2v) is 8.94. The van der Waals surface area contributed by atoms with Gasteiger partial charge >= 0.3 is 5.97 Å². The molecular weight excluding hydrogens is 386 g/mol. The fourth-order valence-corrected chi connectivity index (χ4v) is 4.96. The topological polar surface area (TPSA) is 49.8 Å². The number of piperidine rings is 1. The van der Waals surface area contributed by atoms with Crippen LogP contribution in [-0.2, 0) is 21.7 Å². The lowest BCUT2D eigenvalue weighted by Gasteiger charge is -2.28. The largest absolute Gasteiger partial charge is 0.462 e. The highest BCUT2D eigenvalue weighted by Crippen LogP contribution is 2.58. The van der Waals surface area contributed by atoms with Gasteiger partial charge in [0.2, 0.25) is 5.60 Å². The van der Waals surface area contributed by atoms with Gasteiger partial charge in [0, 0.05) is 25.0 Å². The van der Waals surface area contributed by atoms with Gasteiger partial charge in [0.1, 0.15) is 0 Å². The van der Waals surface area contributed by atoms with Crippen LogP contribution in [0.25, 0.3) is 0 Å². The molecule has 31 heavy (non-hydrogen) atoms. The number of likely N-dealkylation sites (tertiary alicyclic amines) is 1. The molecule has 1 N–H and O–H groups in total. The molecule has 2 fully saturated rings. The molecule has 1 saturated heterocycles. The first-order valence-corrected chi connectivity index (χ1v) is 10.9. The molecule has 4 nitrogen and oxygen atoms in total. The summed E-state index contributed by atoms with van der Waals surface area (Å²) in [7, 11) is 0. The first-order chi connectivity index (χ1) is 15.1. The number of benzene rings is 3. The normalized spacial score (nSPS) is 22.7. The molecule has 2 atom stereocenters. The van der Waals surface area contributed by atoms with Gasteiger partial charge in [-0.2, -0.15) is 0 Å². The van der Waals surface area contributed by atoms with Gasteiger partial charge in [-0.25, -0.2) is 4.79 Å². The predicted octanol–water partition coefficient (Wildman–Crippen LogP) is 3.99.